The van der Waals surface area contributed by atoms with E-state index in [1.54, 1.807) is 6.07 Å². The summed E-state index contributed by atoms with van der Waals surface area (Å²) in [4.78, 5) is 4.60. The van der Waals surface area contributed by atoms with Crippen molar-refractivity contribution in [3.63, 3.8) is 0 Å². The van der Waals surface area contributed by atoms with Gasteiger partial charge in [0.25, 0.3) is 0 Å². The van der Waals surface area contributed by atoms with E-state index >= 15 is 0 Å². The van der Waals surface area contributed by atoms with Gasteiger partial charge in [0, 0.05) is 25.2 Å². The third kappa shape index (κ3) is 3.91. The molecule has 1 fully saturated rings. The summed E-state index contributed by atoms with van der Waals surface area (Å²) in [5, 5.41) is 11.6. The van der Waals surface area contributed by atoms with Crippen LogP contribution >= 0.6 is 0 Å². The van der Waals surface area contributed by atoms with Crippen LogP contribution in [0.1, 0.15) is 17.5 Å². The molecule has 110 valence electrons. The van der Waals surface area contributed by atoms with E-state index in [0.29, 0.717) is 12.1 Å². The molecule has 0 atom stereocenters. The number of hydrogen-bond acceptors (Lipinski definition) is 4. The van der Waals surface area contributed by atoms with Crippen LogP contribution in [-0.2, 0) is 6.54 Å². The Labute approximate surface area is 118 Å². The Kier molecular flexibility index (Phi) is 4.92. The second-order valence-electron chi connectivity index (χ2n) is 5.27. The van der Waals surface area contributed by atoms with E-state index in [-0.39, 0.29) is 11.7 Å². The molecule has 0 bridgehead atoms. The quantitative estimate of drug-likeness (QED) is 0.376. The molecule has 1 aliphatic rings. The van der Waals surface area contributed by atoms with Gasteiger partial charge in [0.1, 0.15) is 5.82 Å². The maximum atomic E-state index is 13.6. The SMILES string of the molecule is CN1CCCN(Cc2cc(F)cc(/C(N)=N/O)c2)CC1. The van der Waals surface area contributed by atoms with Crippen LogP contribution in [0.2, 0.25) is 0 Å². The standard InChI is InChI=1S/C14H21FN4O/c1-18-3-2-4-19(6-5-18)10-11-7-12(14(16)17-20)9-13(15)8-11/h7-9,20H,2-6,10H2,1H3,(H2,16,17). The van der Waals surface area contributed by atoms with Crippen molar-refractivity contribution < 1.29 is 9.60 Å². The average Bonchev–Trinajstić information content (AvgIpc) is 2.62. The van der Waals surface area contributed by atoms with Gasteiger partial charge in [-0.05, 0) is 50.3 Å². The van der Waals surface area contributed by atoms with Crippen molar-refractivity contribution in [2.75, 3.05) is 33.2 Å². The van der Waals surface area contributed by atoms with E-state index in [0.717, 1.165) is 38.2 Å². The van der Waals surface area contributed by atoms with Crippen molar-refractivity contribution >= 4 is 5.84 Å². The van der Waals surface area contributed by atoms with E-state index in [4.69, 9.17) is 10.9 Å². The maximum absolute atomic E-state index is 13.6. The summed E-state index contributed by atoms with van der Waals surface area (Å²) in [6.07, 6.45) is 1.11. The molecule has 1 aromatic carbocycles. The number of nitrogens with zero attached hydrogens (tertiary/aromatic N) is 3. The molecule has 5 nitrogen and oxygen atoms in total. The molecular formula is C14H21FN4O. The molecule has 3 N–H and O–H groups in total. The highest BCUT2D eigenvalue weighted by molar-refractivity contribution is 5.97. The third-order valence-corrected chi connectivity index (χ3v) is 3.58. The normalized spacial score (nSPS) is 19.0. The van der Waals surface area contributed by atoms with Gasteiger partial charge in [-0.1, -0.05) is 5.16 Å². The molecule has 2 rings (SSSR count). The minimum Gasteiger partial charge on any atom is -0.409 e. The Morgan fingerprint density at radius 2 is 2.10 bits per heavy atom. The number of benzene rings is 1. The van der Waals surface area contributed by atoms with Crippen LogP contribution in [0, 0.1) is 5.82 Å². The van der Waals surface area contributed by atoms with Gasteiger partial charge in [-0.3, -0.25) is 4.90 Å². The molecule has 0 saturated carbocycles. The van der Waals surface area contributed by atoms with Gasteiger partial charge in [-0.15, -0.1) is 0 Å². The van der Waals surface area contributed by atoms with E-state index in [1.165, 1.54) is 12.1 Å². The molecule has 0 spiro atoms. The minimum atomic E-state index is -0.365. The van der Waals surface area contributed by atoms with Crippen LogP contribution in [0.4, 0.5) is 4.39 Å². The smallest absolute Gasteiger partial charge is 0.170 e. The number of halogens is 1. The zero-order chi connectivity index (χ0) is 14.5. The van der Waals surface area contributed by atoms with Gasteiger partial charge in [-0.2, -0.15) is 0 Å². The van der Waals surface area contributed by atoms with Crippen molar-refractivity contribution in [2.45, 2.75) is 13.0 Å². The number of rotatable bonds is 3. The first-order valence-corrected chi connectivity index (χ1v) is 6.77. The van der Waals surface area contributed by atoms with Crippen LogP contribution in [0.5, 0.6) is 0 Å². The van der Waals surface area contributed by atoms with Gasteiger partial charge in [-0.25, -0.2) is 4.39 Å². The zero-order valence-electron chi connectivity index (χ0n) is 11.7. The van der Waals surface area contributed by atoms with Crippen molar-refractivity contribution in [2.24, 2.45) is 10.9 Å². The predicted octanol–water partition coefficient (Wildman–Crippen LogP) is 1.06. The Bertz CT molecular complexity index is 492. The summed E-state index contributed by atoms with van der Waals surface area (Å²) in [5.41, 5.74) is 6.78. The first kappa shape index (κ1) is 14.7. The van der Waals surface area contributed by atoms with Gasteiger partial charge >= 0.3 is 0 Å². The number of amidine groups is 1. The van der Waals surface area contributed by atoms with Crippen molar-refractivity contribution in [3.05, 3.63) is 35.1 Å². The largest absolute Gasteiger partial charge is 0.409 e. The lowest BCUT2D eigenvalue weighted by molar-refractivity contribution is 0.269. The van der Waals surface area contributed by atoms with Crippen LogP contribution in [0.15, 0.2) is 23.4 Å². The zero-order valence-corrected chi connectivity index (χ0v) is 11.7. The molecule has 6 heteroatoms. The molecule has 0 aromatic heterocycles. The monoisotopic (exact) mass is 280 g/mol. The van der Waals surface area contributed by atoms with Gasteiger partial charge in [0.2, 0.25) is 0 Å². The molecule has 0 unspecified atom stereocenters. The Morgan fingerprint density at radius 3 is 2.85 bits per heavy atom. The van der Waals surface area contributed by atoms with Crippen molar-refractivity contribution in [1.82, 2.24) is 9.80 Å². The fourth-order valence-corrected chi connectivity index (χ4v) is 2.46. The van der Waals surface area contributed by atoms with E-state index in [1.807, 2.05) is 0 Å². The summed E-state index contributed by atoms with van der Waals surface area (Å²) >= 11 is 0. The summed E-state index contributed by atoms with van der Waals surface area (Å²) < 4.78 is 13.6. The lowest BCUT2D eigenvalue weighted by Gasteiger charge is -2.20. The Morgan fingerprint density at radius 1 is 1.30 bits per heavy atom. The third-order valence-electron chi connectivity index (χ3n) is 3.58. The molecule has 20 heavy (non-hydrogen) atoms. The van der Waals surface area contributed by atoms with Crippen LogP contribution in [-0.4, -0.2) is 54.1 Å². The fraction of sp³-hybridized carbons (Fsp3) is 0.500. The Hall–Kier alpha value is -1.66. The lowest BCUT2D eigenvalue weighted by atomic mass is 10.1. The summed E-state index contributed by atoms with van der Waals surface area (Å²) in [6.45, 7) is 4.75. The predicted molar refractivity (Wildman–Crippen MR) is 76.3 cm³/mol. The second-order valence-corrected chi connectivity index (χ2v) is 5.27. The molecule has 0 radical (unpaired) electrons. The highest BCUT2D eigenvalue weighted by atomic mass is 19.1. The maximum Gasteiger partial charge on any atom is 0.170 e. The topological polar surface area (TPSA) is 65.1 Å². The highest BCUT2D eigenvalue weighted by Gasteiger charge is 2.13. The number of hydrogen-bond donors (Lipinski definition) is 2. The first-order chi connectivity index (χ1) is 9.58. The molecule has 0 aliphatic carbocycles. The van der Waals surface area contributed by atoms with Gasteiger partial charge in [0.05, 0.1) is 0 Å². The highest BCUT2D eigenvalue weighted by Crippen LogP contribution is 2.13. The Balaban J connectivity index is 2.10. The minimum absolute atomic E-state index is 0.0682. The molecule has 0 amide bonds. The lowest BCUT2D eigenvalue weighted by Crippen LogP contribution is -2.28. The summed E-state index contributed by atoms with van der Waals surface area (Å²) in [5.74, 6) is -0.433. The van der Waals surface area contributed by atoms with Crippen molar-refractivity contribution in [1.29, 1.82) is 0 Å². The van der Waals surface area contributed by atoms with Gasteiger partial charge in [0.15, 0.2) is 5.84 Å². The van der Waals surface area contributed by atoms with Crippen LogP contribution in [0.25, 0.3) is 0 Å². The van der Waals surface area contributed by atoms with Crippen LogP contribution in [0.3, 0.4) is 0 Å². The van der Waals surface area contributed by atoms with E-state index < -0.39 is 0 Å². The fourth-order valence-electron chi connectivity index (χ4n) is 2.46. The molecule has 1 aromatic rings. The first-order valence-electron chi connectivity index (χ1n) is 6.77. The number of oxime groups is 1. The van der Waals surface area contributed by atoms with Gasteiger partial charge < -0.3 is 15.8 Å². The summed E-state index contributed by atoms with van der Waals surface area (Å²) in [7, 11) is 2.11. The number of likely N-dealkylation sites (N-methyl/N-ethyl adjacent to an activating group) is 1. The summed E-state index contributed by atoms with van der Waals surface area (Å²) in [6, 6.07) is 4.55. The van der Waals surface area contributed by atoms with Crippen LogP contribution < -0.4 is 5.73 Å². The molecule has 1 saturated heterocycles. The van der Waals surface area contributed by atoms with Crippen molar-refractivity contribution in [3.8, 4) is 0 Å². The molecule has 1 aliphatic heterocycles. The number of nitrogens with two attached hydrogens (primary N) is 1. The van der Waals surface area contributed by atoms with E-state index in [2.05, 4.69) is 22.0 Å². The second kappa shape index (κ2) is 6.67. The molecule has 1 heterocycles. The van der Waals surface area contributed by atoms with E-state index in [9.17, 15) is 4.39 Å². The molecular weight excluding hydrogens is 259 g/mol. The average molecular weight is 280 g/mol.